The van der Waals surface area contributed by atoms with Crippen LogP contribution in [0.5, 0.6) is 0 Å². The van der Waals surface area contributed by atoms with Gasteiger partial charge in [0, 0.05) is 6.42 Å². The van der Waals surface area contributed by atoms with Gasteiger partial charge in [0.05, 0.1) is 22.5 Å². The minimum Gasteiger partial charge on any atom is -0.293 e. The summed E-state index contributed by atoms with van der Waals surface area (Å²) in [4.78, 5) is 15.4. The molecule has 0 aliphatic rings. The fraction of sp³-hybridized carbons (Fsp3) is 0.500. The highest BCUT2D eigenvalue weighted by Gasteiger charge is 2.28. The van der Waals surface area contributed by atoms with Crippen LogP contribution in [0.2, 0.25) is 0 Å². The first-order valence-electron chi connectivity index (χ1n) is 3.90. The average molecular weight is 223 g/mol. The maximum atomic E-state index is 11.8. The Labute approximate surface area is 82.8 Å². The smallest absolute Gasteiger partial charge is 0.293 e. The largest absolute Gasteiger partial charge is 0.389 e. The molecule has 78 valence electrons. The van der Waals surface area contributed by atoms with Gasteiger partial charge in [0.1, 0.15) is 0 Å². The van der Waals surface area contributed by atoms with Crippen LogP contribution in [0.15, 0.2) is 5.51 Å². The molecule has 0 fully saturated rings. The molecule has 1 heterocycles. The molecule has 0 radical (unpaired) electrons. The Morgan fingerprint density at radius 1 is 1.57 bits per heavy atom. The molecule has 1 aromatic rings. The lowest BCUT2D eigenvalue weighted by atomic mass is 10.2. The molecule has 0 N–H and O–H groups in total. The van der Waals surface area contributed by atoms with E-state index in [2.05, 4.69) is 4.98 Å². The molecule has 0 aromatic carbocycles. The normalized spacial score (nSPS) is 11.7. The van der Waals surface area contributed by atoms with E-state index in [1.54, 1.807) is 6.92 Å². The molecule has 2 nitrogen and oxygen atoms in total. The number of thiazole rings is 1. The van der Waals surface area contributed by atoms with Crippen molar-refractivity contribution in [1.82, 2.24) is 4.98 Å². The standard InChI is InChI=1S/C8H8F3NOS/c1-5-7(14-4-12-5)6(13)2-3-8(9,10)11/h4H,2-3H2,1H3. The van der Waals surface area contributed by atoms with E-state index in [1.165, 1.54) is 5.51 Å². The molecule has 0 aliphatic heterocycles. The van der Waals surface area contributed by atoms with Gasteiger partial charge in [-0.3, -0.25) is 4.79 Å². The molecule has 0 aliphatic carbocycles. The summed E-state index contributed by atoms with van der Waals surface area (Å²) in [6, 6.07) is 0. The predicted octanol–water partition coefficient (Wildman–Crippen LogP) is 2.98. The van der Waals surface area contributed by atoms with Crippen LogP contribution >= 0.6 is 11.3 Å². The predicted molar refractivity (Wildman–Crippen MR) is 46.5 cm³/mol. The van der Waals surface area contributed by atoms with Gasteiger partial charge in [-0.2, -0.15) is 13.2 Å². The van der Waals surface area contributed by atoms with Gasteiger partial charge >= 0.3 is 6.18 Å². The van der Waals surface area contributed by atoms with E-state index in [1.807, 2.05) is 0 Å². The zero-order valence-corrected chi connectivity index (χ0v) is 8.21. The summed E-state index contributed by atoms with van der Waals surface area (Å²) in [7, 11) is 0. The Kier molecular flexibility index (Phi) is 3.25. The lowest BCUT2D eigenvalue weighted by Crippen LogP contribution is -2.10. The second kappa shape index (κ2) is 4.08. The number of halogens is 3. The highest BCUT2D eigenvalue weighted by molar-refractivity contribution is 7.11. The number of nitrogens with zero attached hydrogens (tertiary/aromatic N) is 1. The van der Waals surface area contributed by atoms with Crippen molar-refractivity contribution in [3.63, 3.8) is 0 Å². The van der Waals surface area contributed by atoms with Crippen molar-refractivity contribution in [3.8, 4) is 0 Å². The van der Waals surface area contributed by atoms with Gasteiger partial charge in [-0.25, -0.2) is 4.98 Å². The maximum absolute atomic E-state index is 11.8. The summed E-state index contributed by atoms with van der Waals surface area (Å²) >= 11 is 1.08. The molecule has 0 atom stereocenters. The van der Waals surface area contributed by atoms with Crippen molar-refractivity contribution >= 4 is 17.1 Å². The number of hydrogen-bond donors (Lipinski definition) is 0. The van der Waals surface area contributed by atoms with Gasteiger partial charge in [0.2, 0.25) is 0 Å². The Balaban J connectivity index is 2.56. The van der Waals surface area contributed by atoms with Crippen LogP contribution in [-0.4, -0.2) is 16.9 Å². The van der Waals surface area contributed by atoms with Crippen LogP contribution in [0.25, 0.3) is 0 Å². The average Bonchev–Trinajstić information content (AvgIpc) is 2.46. The number of ketones is 1. The highest BCUT2D eigenvalue weighted by Crippen LogP contribution is 2.24. The SMILES string of the molecule is Cc1ncsc1C(=O)CCC(F)(F)F. The van der Waals surface area contributed by atoms with Crippen molar-refractivity contribution in [3.05, 3.63) is 16.1 Å². The zero-order valence-electron chi connectivity index (χ0n) is 7.39. The molecule has 0 unspecified atom stereocenters. The number of hydrogen-bond acceptors (Lipinski definition) is 3. The number of Topliss-reactive ketones (excluding diaryl/α,β-unsaturated/α-hetero) is 1. The first-order chi connectivity index (χ1) is 6.40. The Hall–Kier alpha value is -0.910. The third-order valence-corrected chi connectivity index (χ3v) is 2.60. The van der Waals surface area contributed by atoms with Crippen LogP contribution in [-0.2, 0) is 0 Å². The van der Waals surface area contributed by atoms with Crippen LogP contribution in [0.3, 0.4) is 0 Å². The lowest BCUT2D eigenvalue weighted by molar-refractivity contribution is -0.133. The molecule has 1 rings (SSSR count). The quantitative estimate of drug-likeness (QED) is 0.737. The van der Waals surface area contributed by atoms with Gasteiger partial charge < -0.3 is 0 Å². The molecule has 14 heavy (non-hydrogen) atoms. The molecule has 0 amide bonds. The van der Waals surface area contributed by atoms with E-state index < -0.39 is 24.8 Å². The number of rotatable bonds is 3. The summed E-state index contributed by atoms with van der Waals surface area (Å²) in [6.45, 7) is 1.61. The Morgan fingerprint density at radius 3 is 2.64 bits per heavy atom. The van der Waals surface area contributed by atoms with Crippen LogP contribution in [0.4, 0.5) is 13.2 Å². The van der Waals surface area contributed by atoms with E-state index in [-0.39, 0.29) is 0 Å². The van der Waals surface area contributed by atoms with E-state index in [9.17, 15) is 18.0 Å². The van der Waals surface area contributed by atoms with Crippen molar-refractivity contribution in [2.75, 3.05) is 0 Å². The second-order valence-electron chi connectivity index (χ2n) is 2.81. The summed E-state index contributed by atoms with van der Waals surface area (Å²) in [5, 5.41) is 0. The maximum Gasteiger partial charge on any atom is 0.389 e. The second-order valence-corrected chi connectivity index (χ2v) is 3.66. The topological polar surface area (TPSA) is 30.0 Å². The molecule has 0 saturated heterocycles. The van der Waals surface area contributed by atoms with Gasteiger partial charge in [-0.15, -0.1) is 11.3 Å². The van der Waals surface area contributed by atoms with Gasteiger partial charge in [0.15, 0.2) is 5.78 Å². The van der Waals surface area contributed by atoms with Crippen molar-refractivity contribution in [2.24, 2.45) is 0 Å². The molecule has 0 saturated carbocycles. The monoisotopic (exact) mass is 223 g/mol. The van der Waals surface area contributed by atoms with Crippen LogP contribution in [0.1, 0.15) is 28.2 Å². The lowest BCUT2D eigenvalue weighted by Gasteiger charge is -2.04. The fourth-order valence-corrected chi connectivity index (χ4v) is 1.71. The number of aryl methyl sites for hydroxylation is 1. The number of carbonyl (C=O) groups excluding carboxylic acids is 1. The number of carbonyl (C=O) groups is 1. The van der Waals surface area contributed by atoms with Crippen molar-refractivity contribution in [2.45, 2.75) is 25.9 Å². The molecular formula is C8H8F3NOS. The highest BCUT2D eigenvalue weighted by atomic mass is 32.1. The third kappa shape index (κ3) is 3.10. The van der Waals surface area contributed by atoms with E-state index in [0.29, 0.717) is 10.6 Å². The van der Waals surface area contributed by atoms with E-state index in [0.717, 1.165) is 11.3 Å². The summed E-state index contributed by atoms with van der Waals surface area (Å²) in [6.07, 6.45) is -5.83. The molecule has 0 bridgehead atoms. The minimum atomic E-state index is -4.27. The summed E-state index contributed by atoms with van der Waals surface area (Å²) < 4.78 is 35.4. The van der Waals surface area contributed by atoms with Crippen LogP contribution in [0, 0.1) is 6.92 Å². The summed E-state index contributed by atoms with van der Waals surface area (Å²) in [5.74, 6) is -0.484. The van der Waals surface area contributed by atoms with Gasteiger partial charge in [0.25, 0.3) is 0 Å². The first-order valence-corrected chi connectivity index (χ1v) is 4.78. The Morgan fingerprint density at radius 2 is 2.21 bits per heavy atom. The van der Waals surface area contributed by atoms with E-state index >= 15 is 0 Å². The van der Waals surface area contributed by atoms with E-state index in [4.69, 9.17) is 0 Å². The minimum absolute atomic E-state index is 0.328. The van der Waals surface area contributed by atoms with Gasteiger partial charge in [-0.1, -0.05) is 0 Å². The van der Waals surface area contributed by atoms with Gasteiger partial charge in [-0.05, 0) is 6.92 Å². The fourth-order valence-electron chi connectivity index (χ4n) is 0.938. The Bertz CT molecular complexity index is 332. The molecule has 0 spiro atoms. The van der Waals surface area contributed by atoms with Crippen molar-refractivity contribution < 1.29 is 18.0 Å². The van der Waals surface area contributed by atoms with Crippen molar-refractivity contribution in [1.29, 1.82) is 0 Å². The summed E-state index contributed by atoms with van der Waals surface area (Å²) in [5.41, 5.74) is 1.96. The first kappa shape index (κ1) is 11.2. The number of alkyl halides is 3. The number of aromatic nitrogens is 1. The molecular weight excluding hydrogens is 215 g/mol. The zero-order chi connectivity index (χ0) is 10.8. The molecule has 1 aromatic heterocycles. The third-order valence-electron chi connectivity index (χ3n) is 1.63. The molecule has 6 heteroatoms. The van der Waals surface area contributed by atoms with Crippen LogP contribution < -0.4 is 0 Å².